The zero-order chi connectivity index (χ0) is 8.60. The molecule has 0 amide bonds. The minimum atomic E-state index is 0.625. The molecule has 2 unspecified atom stereocenters. The second-order valence-electron chi connectivity index (χ2n) is 5.37. The number of hydrogen-bond acceptors (Lipinski definition) is 1. The fraction of sp³-hybridized carbons (Fsp3) is 1.00. The lowest BCUT2D eigenvalue weighted by Gasteiger charge is -2.43. The summed E-state index contributed by atoms with van der Waals surface area (Å²) in [6.07, 6.45) is 7.15. The molecule has 1 saturated heterocycles. The van der Waals surface area contributed by atoms with Gasteiger partial charge in [0.25, 0.3) is 0 Å². The Labute approximate surface area is 75.9 Å². The summed E-state index contributed by atoms with van der Waals surface area (Å²) < 4.78 is 0. The van der Waals surface area contributed by atoms with Crippen molar-refractivity contribution in [2.45, 2.75) is 52.0 Å². The second-order valence-corrected chi connectivity index (χ2v) is 5.37. The SMILES string of the molecule is CC1(C)CCC2NCCCC2C1. The Balaban J connectivity index is 1.99. The van der Waals surface area contributed by atoms with Crippen molar-refractivity contribution in [3.63, 3.8) is 0 Å². The molecule has 0 aromatic heterocycles. The van der Waals surface area contributed by atoms with Gasteiger partial charge in [0.15, 0.2) is 0 Å². The molecule has 1 saturated carbocycles. The number of fused-ring (bicyclic) bond motifs is 1. The van der Waals surface area contributed by atoms with E-state index in [0.29, 0.717) is 5.41 Å². The van der Waals surface area contributed by atoms with Gasteiger partial charge in [-0.3, -0.25) is 0 Å². The monoisotopic (exact) mass is 167 g/mol. The molecule has 0 aromatic rings. The lowest BCUT2D eigenvalue weighted by Crippen LogP contribution is -2.46. The standard InChI is InChI=1S/C11H21N/c1-11(2)6-5-10-9(8-11)4-3-7-12-10/h9-10,12H,3-8H2,1-2H3. The molecule has 1 aliphatic heterocycles. The smallest absolute Gasteiger partial charge is 0.00957 e. The van der Waals surface area contributed by atoms with Crippen molar-refractivity contribution in [3.05, 3.63) is 0 Å². The van der Waals surface area contributed by atoms with Crippen molar-refractivity contribution >= 4 is 0 Å². The van der Waals surface area contributed by atoms with Gasteiger partial charge in [0.05, 0.1) is 0 Å². The minimum absolute atomic E-state index is 0.625. The van der Waals surface area contributed by atoms with Crippen molar-refractivity contribution < 1.29 is 0 Å². The van der Waals surface area contributed by atoms with E-state index in [1.165, 1.54) is 38.6 Å². The van der Waals surface area contributed by atoms with E-state index < -0.39 is 0 Å². The van der Waals surface area contributed by atoms with Crippen LogP contribution in [0.2, 0.25) is 0 Å². The van der Waals surface area contributed by atoms with Crippen molar-refractivity contribution in [3.8, 4) is 0 Å². The van der Waals surface area contributed by atoms with E-state index in [2.05, 4.69) is 19.2 Å². The van der Waals surface area contributed by atoms with Gasteiger partial charge in [0, 0.05) is 6.04 Å². The first kappa shape index (κ1) is 8.55. The highest BCUT2D eigenvalue weighted by atomic mass is 14.9. The summed E-state index contributed by atoms with van der Waals surface area (Å²) >= 11 is 0. The van der Waals surface area contributed by atoms with Crippen LogP contribution in [-0.2, 0) is 0 Å². The van der Waals surface area contributed by atoms with E-state index in [0.717, 1.165) is 12.0 Å². The Bertz CT molecular complexity index is 162. The second kappa shape index (κ2) is 3.02. The molecule has 2 aliphatic rings. The van der Waals surface area contributed by atoms with E-state index in [4.69, 9.17) is 0 Å². The van der Waals surface area contributed by atoms with E-state index in [9.17, 15) is 0 Å². The van der Waals surface area contributed by atoms with Gasteiger partial charge in [-0.25, -0.2) is 0 Å². The summed E-state index contributed by atoms with van der Waals surface area (Å²) in [5.74, 6) is 0.988. The summed E-state index contributed by atoms with van der Waals surface area (Å²) in [5, 5.41) is 3.66. The van der Waals surface area contributed by atoms with E-state index in [1.54, 1.807) is 0 Å². The fourth-order valence-electron chi connectivity index (χ4n) is 2.96. The van der Waals surface area contributed by atoms with Crippen LogP contribution in [0.3, 0.4) is 0 Å². The van der Waals surface area contributed by atoms with Crippen LogP contribution in [-0.4, -0.2) is 12.6 Å². The van der Waals surface area contributed by atoms with Crippen LogP contribution in [0.25, 0.3) is 0 Å². The van der Waals surface area contributed by atoms with Crippen molar-refractivity contribution in [1.29, 1.82) is 0 Å². The largest absolute Gasteiger partial charge is 0.314 e. The fourth-order valence-corrected chi connectivity index (χ4v) is 2.96. The molecular weight excluding hydrogens is 146 g/mol. The normalized spacial score (nSPS) is 40.5. The Morgan fingerprint density at radius 1 is 1.25 bits per heavy atom. The zero-order valence-corrected chi connectivity index (χ0v) is 8.40. The molecule has 2 rings (SSSR count). The molecule has 1 nitrogen and oxygen atoms in total. The van der Waals surface area contributed by atoms with Gasteiger partial charge in [-0.15, -0.1) is 0 Å². The first-order chi connectivity index (χ1) is 5.67. The molecule has 0 radical (unpaired) electrons. The van der Waals surface area contributed by atoms with E-state index >= 15 is 0 Å². The molecule has 12 heavy (non-hydrogen) atoms. The summed E-state index contributed by atoms with van der Waals surface area (Å²) in [6.45, 7) is 6.12. The highest BCUT2D eigenvalue weighted by Crippen LogP contribution is 2.41. The third-order valence-corrected chi connectivity index (χ3v) is 3.67. The number of nitrogens with one attached hydrogen (secondary N) is 1. The lowest BCUT2D eigenvalue weighted by molar-refractivity contribution is 0.112. The third kappa shape index (κ3) is 1.66. The lowest BCUT2D eigenvalue weighted by atomic mass is 9.67. The van der Waals surface area contributed by atoms with Gasteiger partial charge in [0.2, 0.25) is 0 Å². The Morgan fingerprint density at radius 2 is 2.08 bits per heavy atom. The quantitative estimate of drug-likeness (QED) is 0.584. The summed E-state index contributed by atoms with van der Waals surface area (Å²) in [4.78, 5) is 0. The van der Waals surface area contributed by atoms with Gasteiger partial charge in [-0.2, -0.15) is 0 Å². The van der Waals surface area contributed by atoms with Crippen molar-refractivity contribution in [1.82, 2.24) is 5.32 Å². The molecule has 2 fully saturated rings. The Kier molecular flexibility index (Phi) is 2.16. The van der Waals surface area contributed by atoms with Gasteiger partial charge < -0.3 is 5.32 Å². The van der Waals surface area contributed by atoms with Gasteiger partial charge in [-0.05, 0) is 50.0 Å². The van der Waals surface area contributed by atoms with Crippen LogP contribution >= 0.6 is 0 Å². The van der Waals surface area contributed by atoms with Gasteiger partial charge >= 0.3 is 0 Å². The molecule has 0 spiro atoms. The molecule has 70 valence electrons. The molecule has 2 atom stereocenters. The number of rotatable bonds is 0. The van der Waals surface area contributed by atoms with Crippen LogP contribution in [0.1, 0.15) is 46.0 Å². The van der Waals surface area contributed by atoms with E-state index in [-0.39, 0.29) is 0 Å². The molecule has 1 heterocycles. The maximum Gasteiger partial charge on any atom is 0.00957 e. The summed E-state index contributed by atoms with van der Waals surface area (Å²) in [7, 11) is 0. The average Bonchev–Trinajstić information content (AvgIpc) is 2.02. The van der Waals surface area contributed by atoms with Crippen molar-refractivity contribution in [2.24, 2.45) is 11.3 Å². The van der Waals surface area contributed by atoms with Crippen LogP contribution < -0.4 is 5.32 Å². The van der Waals surface area contributed by atoms with Crippen LogP contribution in [0.4, 0.5) is 0 Å². The van der Waals surface area contributed by atoms with Gasteiger partial charge in [-0.1, -0.05) is 13.8 Å². The van der Waals surface area contributed by atoms with Crippen LogP contribution in [0, 0.1) is 11.3 Å². The molecule has 0 bridgehead atoms. The molecule has 1 N–H and O–H groups in total. The maximum absolute atomic E-state index is 3.66. The molecule has 1 heteroatoms. The summed E-state index contributed by atoms with van der Waals surface area (Å²) in [6, 6.07) is 0.867. The topological polar surface area (TPSA) is 12.0 Å². The average molecular weight is 167 g/mol. The maximum atomic E-state index is 3.66. The molecule has 0 aromatic carbocycles. The number of hydrogen-bond donors (Lipinski definition) is 1. The highest BCUT2D eigenvalue weighted by molar-refractivity contribution is 4.90. The third-order valence-electron chi connectivity index (χ3n) is 3.67. The van der Waals surface area contributed by atoms with Crippen LogP contribution in [0.5, 0.6) is 0 Å². The highest BCUT2D eigenvalue weighted by Gasteiger charge is 2.35. The first-order valence-corrected chi connectivity index (χ1v) is 5.41. The van der Waals surface area contributed by atoms with Crippen LogP contribution in [0.15, 0.2) is 0 Å². The van der Waals surface area contributed by atoms with E-state index in [1.807, 2.05) is 0 Å². The Hall–Kier alpha value is -0.0400. The van der Waals surface area contributed by atoms with Crippen molar-refractivity contribution in [2.75, 3.05) is 6.54 Å². The minimum Gasteiger partial charge on any atom is -0.314 e. The summed E-state index contributed by atoms with van der Waals surface area (Å²) in [5.41, 5.74) is 0.625. The predicted octanol–water partition coefficient (Wildman–Crippen LogP) is 2.56. The van der Waals surface area contributed by atoms with Gasteiger partial charge in [0.1, 0.15) is 0 Å². The number of piperidine rings is 1. The predicted molar refractivity (Wildman–Crippen MR) is 52.1 cm³/mol. The molecular formula is C11H21N. The first-order valence-electron chi connectivity index (χ1n) is 5.41. The zero-order valence-electron chi connectivity index (χ0n) is 8.40. The Morgan fingerprint density at radius 3 is 2.92 bits per heavy atom. The molecule has 1 aliphatic carbocycles.